The van der Waals surface area contributed by atoms with Crippen LogP contribution in [0, 0.1) is 11.8 Å². The Kier molecular flexibility index (Phi) is 4.04. The standard InChI is InChI=1S/C17H25N3O/c1-11-2-4-12(5-3-11)6-7-19-16-10-15-13(8-14(16)18)9-17(21)20-15/h8,10-12,19H,2-7,9,18H2,1H3,(H,20,21). The molecule has 1 aromatic rings. The molecule has 0 bridgehead atoms. The Hall–Kier alpha value is -1.71. The number of hydrogen-bond acceptors (Lipinski definition) is 3. The van der Waals surface area contributed by atoms with Gasteiger partial charge < -0.3 is 16.4 Å². The van der Waals surface area contributed by atoms with Crippen molar-refractivity contribution < 1.29 is 4.79 Å². The van der Waals surface area contributed by atoms with Crippen LogP contribution in [-0.2, 0) is 11.2 Å². The van der Waals surface area contributed by atoms with E-state index in [9.17, 15) is 4.79 Å². The number of carbonyl (C=O) groups excluding carboxylic acids is 1. The summed E-state index contributed by atoms with van der Waals surface area (Å²) in [4.78, 5) is 11.4. The molecule has 1 aliphatic carbocycles. The molecule has 1 heterocycles. The molecule has 114 valence electrons. The molecule has 1 amide bonds. The van der Waals surface area contributed by atoms with Crippen LogP contribution in [0.3, 0.4) is 0 Å². The number of anilines is 3. The minimum atomic E-state index is 0.0536. The molecule has 0 saturated heterocycles. The van der Waals surface area contributed by atoms with Crippen molar-refractivity contribution in [3.8, 4) is 0 Å². The zero-order chi connectivity index (χ0) is 14.8. The van der Waals surface area contributed by atoms with Gasteiger partial charge in [0.25, 0.3) is 0 Å². The monoisotopic (exact) mass is 287 g/mol. The molecule has 0 spiro atoms. The molecule has 2 aliphatic rings. The van der Waals surface area contributed by atoms with Gasteiger partial charge in [0.15, 0.2) is 0 Å². The number of carbonyl (C=O) groups is 1. The van der Waals surface area contributed by atoms with Crippen molar-refractivity contribution in [1.29, 1.82) is 0 Å². The molecule has 3 rings (SSSR count). The summed E-state index contributed by atoms with van der Waals surface area (Å²) >= 11 is 0. The Morgan fingerprint density at radius 2 is 2.05 bits per heavy atom. The van der Waals surface area contributed by atoms with Crippen LogP contribution in [0.4, 0.5) is 17.1 Å². The molecule has 4 N–H and O–H groups in total. The second-order valence-electron chi connectivity index (χ2n) is 6.66. The van der Waals surface area contributed by atoms with Crippen LogP contribution in [-0.4, -0.2) is 12.5 Å². The Balaban J connectivity index is 1.54. The Bertz CT molecular complexity index is 533. The molecular weight excluding hydrogens is 262 g/mol. The predicted molar refractivity (Wildman–Crippen MR) is 87.4 cm³/mol. The molecule has 21 heavy (non-hydrogen) atoms. The van der Waals surface area contributed by atoms with Crippen LogP contribution >= 0.6 is 0 Å². The van der Waals surface area contributed by atoms with Gasteiger partial charge in [-0.15, -0.1) is 0 Å². The lowest BCUT2D eigenvalue weighted by Crippen LogP contribution is -2.16. The Labute approximate surface area is 126 Å². The van der Waals surface area contributed by atoms with Gasteiger partial charge in [0.1, 0.15) is 0 Å². The number of fused-ring (bicyclic) bond motifs is 1. The van der Waals surface area contributed by atoms with Crippen molar-refractivity contribution >= 4 is 23.0 Å². The van der Waals surface area contributed by atoms with Crippen LogP contribution in [0.1, 0.15) is 44.6 Å². The fourth-order valence-electron chi connectivity index (χ4n) is 3.48. The van der Waals surface area contributed by atoms with Gasteiger partial charge in [-0.05, 0) is 36.0 Å². The number of benzene rings is 1. The Morgan fingerprint density at radius 3 is 2.81 bits per heavy atom. The molecule has 0 radical (unpaired) electrons. The summed E-state index contributed by atoms with van der Waals surface area (Å²) in [6, 6.07) is 3.89. The molecule has 1 aromatic carbocycles. The van der Waals surface area contributed by atoms with E-state index >= 15 is 0 Å². The van der Waals surface area contributed by atoms with E-state index < -0.39 is 0 Å². The highest BCUT2D eigenvalue weighted by Gasteiger charge is 2.20. The minimum Gasteiger partial charge on any atom is -0.397 e. The van der Waals surface area contributed by atoms with Gasteiger partial charge in [0.2, 0.25) is 5.91 Å². The van der Waals surface area contributed by atoms with Gasteiger partial charge in [0.05, 0.1) is 17.8 Å². The minimum absolute atomic E-state index is 0.0536. The van der Waals surface area contributed by atoms with Gasteiger partial charge >= 0.3 is 0 Å². The summed E-state index contributed by atoms with van der Waals surface area (Å²) in [5.74, 6) is 1.81. The van der Waals surface area contributed by atoms with Crippen LogP contribution in [0.2, 0.25) is 0 Å². The molecular formula is C17H25N3O. The first-order chi connectivity index (χ1) is 10.1. The maximum Gasteiger partial charge on any atom is 0.228 e. The van der Waals surface area contributed by atoms with Gasteiger partial charge in [0, 0.05) is 12.2 Å². The Morgan fingerprint density at radius 1 is 1.29 bits per heavy atom. The third-order valence-corrected chi connectivity index (χ3v) is 4.90. The highest BCUT2D eigenvalue weighted by atomic mass is 16.1. The smallest absolute Gasteiger partial charge is 0.228 e. The number of hydrogen-bond donors (Lipinski definition) is 3. The summed E-state index contributed by atoms with van der Waals surface area (Å²) in [5.41, 5.74) is 9.67. The average molecular weight is 287 g/mol. The summed E-state index contributed by atoms with van der Waals surface area (Å²) in [7, 11) is 0. The number of rotatable bonds is 4. The predicted octanol–water partition coefficient (Wildman–Crippen LogP) is 3.39. The molecule has 0 unspecified atom stereocenters. The molecule has 4 heteroatoms. The summed E-state index contributed by atoms with van der Waals surface area (Å²) in [6.07, 6.45) is 7.11. The van der Waals surface area contributed by atoms with Crippen LogP contribution in [0.5, 0.6) is 0 Å². The van der Waals surface area contributed by atoms with Crippen molar-refractivity contribution in [3.05, 3.63) is 17.7 Å². The second-order valence-corrected chi connectivity index (χ2v) is 6.66. The summed E-state index contributed by atoms with van der Waals surface area (Å²) in [5, 5.41) is 6.31. The number of nitrogens with one attached hydrogen (secondary N) is 2. The van der Waals surface area contributed by atoms with E-state index in [1.165, 1.54) is 32.1 Å². The highest BCUT2D eigenvalue weighted by Crippen LogP contribution is 2.33. The number of amides is 1. The average Bonchev–Trinajstić information content (AvgIpc) is 2.80. The van der Waals surface area contributed by atoms with E-state index in [0.29, 0.717) is 6.42 Å². The van der Waals surface area contributed by atoms with E-state index in [4.69, 9.17) is 5.73 Å². The quantitative estimate of drug-likeness (QED) is 0.744. The van der Waals surface area contributed by atoms with E-state index in [0.717, 1.165) is 41.0 Å². The molecule has 1 fully saturated rings. The van der Waals surface area contributed by atoms with Crippen molar-refractivity contribution in [3.63, 3.8) is 0 Å². The largest absolute Gasteiger partial charge is 0.397 e. The van der Waals surface area contributed by atoms with Gasteiger partial charge in [-0.2, -0.15) is 0 Å². The lowest BCUT2D eigenvalue weighted by molar-refractivity contribution is -0.115. The van der Waals surface area contributed by atoms with Crippen molar-refractivity contribution in [2.75, 3.05) is 22.9 Å². The summed E-state index contributed by atoms with van der Waals surface area (Å²) < 4.78 is 0. The van der Waals surface area contributed by atoms with E-state index in [-0.39, 0.29) is 5.91 Å². The highest BCUT2D eigenvalue weighted by molar-refractivity contribution is 6.00. The maximum absolute atomic E-state index is 11.4. The van der Waals surface area contributed by atoms with E-state index in [1.54, 1.807) is 0 Å². The topological polar surface area (TPSA) is 67.1 Å². The molecule has 1 saturated carbocycles. The third-order valence-electron chi connectivity index (χ3n) is 4.90. The van der Waals surface area contributed by atoms with E-state index in [1.807, 2.05) is 12.1 Å². The SMILES string of the molecule is CC1CCC(CCNc2cc3c(cc2N)CC(=O)N3)CC1. The molecule has 4 nitrogen and oxygen atoms in total. The fourth-order valence-corrected chi connectivity index (χ4v) is 3.48. The zero-order valence-corrected chi connectivity index (χ0v) is 12.7. The second kappa shape index (κ2) is 5.96. The summed E-state index contributed by atoms with van der Waals surface area (Å²) in [6.45, 7) is 3.31. The van der Waals surface area contributed by atoms with Crippen molar-refractivity contribution in [2.45, 2.75) is 45.4 Å². The first-order valence-corrected chi connectivity index (χ1v) is 8.08. The number of nitrogens with two attached hydrogens (primary N) is 1. The molecule has 0 aromatic heterocycles. The fraction of sp³-hybridized carbons (Fsp3) is 0.588. The van der Waals surface area contributed by atoms with Crippen LogP contribution < -0.4 is 16.4 Å². The first kappa shape index (κ1) is 14.2. The normalized spacial score (nSPS) is 24.5. The molecule has 0 atom stereocenters. The lowest BCUT2D eigenvalue weighted by atomic mass is 9.81. The molecule has 1 aliphatic heterocycles. The first-order valence-electron chi connectivity index (χ1n) is 8.08. The van der Waals surface area contributed by atoms with E-state index in [2.05, 4.69) is 17.6 Å². The van der Waals surface area contributed by atoms with Gasteiger partial charge in [-0.1, -0.05) is 32.6 Å². The van der Waals surface area contributed by atoms with Crippen LogP contribution in [0.15, 0.2) is 12.1 Å². The van der Waals surface area contributed by atoms with Gasteiger partial charge in [-0.3, -0.25) is 4.79 Å². The van der Waals surface area contributed by atoms with Crippen molar-refractivity contribution in [1.82, 2.24) is 0 Å². The van der Waals surface area contributed by atoms with Crippen LogP contribution in [0.25, 0.3) is 0 Å². The lowest BCUT2D eigenvalue weighted by Gasteiger charge is -2.26. The van der Waals surface area contributed by atoms with Gasteiger partial charge in [-0.25, -0.2) is 0 Å². The maximum atomic E-state index is 11.4. The number of nitrogen functional groups attached to an aromatic ring is 1. The van der Waals surface area contributed by atoms with Crippen molar-refractivity contribution in [2.24, 2.45) is 11.8 Å². The zero-order valence-electron chi connectivity index (χ0n) is 12.7. The third kappa shape index (κ3) is 3.31.